The van der Waals surface area contributed by atoms with Crippen molar-refractivity contribution in [3.05, 3.63) is 71.5 Å². The van der Waals surface area contributed by atoms with Gasteiger partial charge in [0, 0.05) is 19.1 Å². The summed E-state index contributed by atoms with van der Waals surface area (Å²) in [5.41, 5.74) is 2.08. The second kappa shape index (κ2) is 8.44. The van der Waals surface area contributed by atoms with Crippen LogP contribution in [0.1, 0.15) is 25.0 Å². The van der Waals surface area contributed by atoms with Crippen molar-refractivity contribution in [3.8, 4) is 0 Å². The minimum atomic E-state index is -0.270. The highest BCUT2D eigenvalue weighted by atomic mass is 19.1. The fourth-order valence-electron chi connectivity index (χ4n) is 2.28. The number of rotatable bonds is 7. The summed E-state index contributed by atoms with van der Waals surface area (Å²) >= 11 is 0. The van der Waals surface area contributed by atoms with Gasteiger partial charge in [-0.3, -0.25) is 9.69 Å². The standard InChI is InChI=1S/C19H23FN2O/c1-15(2)22(13-17-6-4-3-5-7-17)14-19(23)21-12-16-8-10-18(20)11-9-16/h3-11,15H,12-14H2,1-2H3,(H,21,23). The topological polar surface area (TPSA) is 32.3 Å². The number of amides is 1. The first-order valence-corrected chi connectivity index (χ1v) is 7.83. The number of carbonyl (C=O) groups excluding carboxylic acids is 1. The van der Waals surface area contributed by atoms with Crippen molar-refractivity contribution in [1.82, 2.24) is 10.2 Å². The molecule has 0 radical (unpaired) electrons. The molecule has 0 atom stereocenters. The number of carbonyl (C=O) groups is 1. The monoisotopic (exact) mass is 314 g/mol. The lowest BCUT2D eigenvalue weighted by Crippen LogP contribution is -2.40. The molecule has 0 fully saturated rings. The van der Waals surface area contributed by atoms with E-state index in [9.17, 15) is 9.18 Å². The smallest absolute Gasteiger partial charge is 0.234 e. The maximum atomic E-state index is 12.9. The van der Waals surface area contributed by atoms with Gasteiger partial charge in [-0.1, -0.05) is 42.5 Å². The first-order chi connectivity index (χ1) is 11.0. The summed E-state index contributed by atoms with van der Waals surface area (Å²) in [5.74, 6) is -0.298. The van der Waals surface area contributed by atoms with E-state index in [-0.39, 0.29) is 17.8 Å². The maximum absolute atomic E-state index is 12.9. The van der Waals surface area contributed by atoms with Crippen LogP contribution in [0.3, 0.4) is 0 Å². The second-order valence-corrected chi connectivity index (χ2v) is 5.89. The molecule has 3 nitrogen and oxygen atoms in total. The average molecular weight is 314 g/mol. The third-order valence-corrected chi connectivity index (χ3v) is 3.71. The minimum absolute atomic E-state index is 0.0287. The van der Waals surface area contributed by atoms with Crippen molar-refractivity contribution in [2.45, 2.75) is 33.0 Å². The number of hydrogen-bond donors (Lipinski definition) is 1. The average Bonchev–Trinajstić information content (AvgIpc) is 2.54. The molecule has 0 saturated heterocycles. The summed E-state index contributed by atoms with van der Waals surface area (Å²) in [7, 11) is 0. The molecule has 1 N–H and O–H groups in total. The lowest BCUT2D eigenvalue weighted by atomic mass is 10.2. The highest BCUT2D eigenvalue weighted by molar-refractivity contribution is 5.78. The molecule has 0 bridgehead atoms. The number of hydrogen-bond acceptors (Lipinski definition) is 2. The summed E-state index contributed by atoms with van der Waals surface area (Å²) < 4.78 is 12.9. The fraction of sp³-hybridized carbons (Fsp3) is 0.316. The van der Waals surface area contributed by atoms with Crippen LogP contribution in [0.15, 0.2) is 54.6 Å². The van der Waals surface area contributed by atoms with Crippen LogP contribution in [0.2, 0.25) is 0 Å². The molecule has 4 heteroatoms. The van der Waals surface area contributed by atoms with Gasteiger partial charge in [0.25, 0.3) is 0 Å². The van der Waals surface area contributed by atoms with E-state index in [1.165, 1.54) is 17.7 Å². The third kappa shape index (κ3) is 5.83. The number of benzene rings is 2. The van der Waals surface area contributed by atoms with Gasteiger partial charge in [-0.25, -0.2) is 4.39 Å². The van der Waals surface area contributed by atoms with E-state index in [2.05, 4.69) is 36.2 Å². The molecule has 0 aromatic heterocycles. The van der Waals surface area contributed by atoms with Crippen molar-refractivity contribution >= 4 is 5.91 Å². The Balaban J connectivity index is 1.86. The van der Waals surface area contributed by atoms with Gasteiger partial charge >= 0.3 is 0 Å². The molecule has 2 aromatic carbocycles. The van der Waals surface area contributed by atoms with E-state index in [0.717, 1.165) is 12.1 Å². The maximum Gasteiger partial charge on any atom is 0.234 e. The summed E-state index contributed by atoms with van der Waals surface area (Å²) in [5, 5.41) is 2.89. The van der Waals surface area contributed by atoms with Gasteiger partial charge in [-0.05, 0) is 37.1 Å². The van der Waals surface area contributed by atoms with E-state index in [1.54, 1.807) is 12.1 Å². The van der Waals surface area contributed by atoms with Crippen LogP contribution < -0.4 is 5.32 Å². The molecular weight excluding hydrogens is 291 g/mol. The molecule has 122 valence electrons. The molecular formula is C19H23FN2O. The van der Waals surface area contributed by atoms with Gasteiger partial charge in [0.05, 0.1) is 6.54 Å². The van der Waals surface area contributed by atoms with Crippen LogP contribution in [-0.4, -0.2) is 23.4 Å². The Labute approximate surface area is 137 Å². The zero-order valence-corrected chi connectivity index (χ0v) is 13.6. The summed E-state index contributed by atoms with van der Waals surface area (Å²) in [6.07, 6.45) is 0. The Morgan fingerprint density at radius 2 is 1.70 bits per heavy atom. The molecule has 23 heavy (non-hydrogen) atoms. The van der Waals surface area contributed by atoms with Crippen LogP contribution in [0.25, 0.3) is 0 Å². The van der Waals surface area contributed by atoms with Crippen LogP contribution in [0.5, 0.6) is 0 Å². The van der Waals surface area contributed by atoms with Crippen molar-refractivity contribution < 1.29 is 9.18 Å². The lowest BCUT2D eigenvalue weighted by molar-refractivity contribution is -0.123. The van der Waals surface area contributed by atoms with Crippen molar-refractivity contribution in [3.63, 3.8) is 0 Å². The van der Waals surface area contributed by atoms with Crippen LogP contribution in [0, 0.1) is 5.82 Å². The first-order valence-electron chi connectivity index (χ1n) is 7.83. The number of halogens is 1. The SMILES string of the molecule is CC(C)N(CC(=O)NCc1ccc(F)cc1)Cc1ccccc1. The molecule has 0 aliphatic rings. The van der Waals surface area contributed by atoms with E-state index in [4.69, 9.17) is 0 Å². The van der Waals surface area contributed by atoms with Gasteiger partial charge < -0.3 is 5.32 Å². The van der Waals surface area contributed by atoms with E-state index < -0.39 is 0 Å². The molecule has 0 aliphatic carbocycles. The van der Waals surface area contributed by atoms with E-state index in [0.29, 0.717) is 13.1 Å². The summed E-state index contributed by atoms with van der Waals surface area (Å²) in [6.45, 7) is 5.65. The normalized spacial score (nSPS) is 11.0. The van der Waals surface area contributed by atoms with Gasteiger partial charge in [-0.2, -0.15) is 0 Å². The molecule has 1 amide bonds. The molecule has 0 saturated carbocycles. The van der Waals surface area contributed by atoms with Gasteiger partial charge in [0.2, 0.25) is 5.91 Å². The predicted octanol–water partition coefficient (Wildman–Crippen LogP) is 3.35. The second-order valence-electron chi connectivity index (χ2n) is 5.89. The van der Waals surface area contributed by atoms with Crippen molar-refractivity contribution in [2.75, 3.05) is 6.54 Å². The van der Waals surface area contributed by atoms with Gasteiger partial charge in [0.15, 0.2) is 0 Å². The zero-order valence-electron chi connectivity index (χ0n) is 13.6. The van der Waals surface area contributed by atoms with Gasteiger partial charge in [-0.15, -0.1) is 0 Å². The van der Waals surface area contributed by atoms with Crippen LogP contribution >= 0.6 is 0 Å². The van der Waals surface area contributed by atoms with E-state index in [1.807, 2.05) is 18.2 Å². The summed E-state index contributed by atoms with van der Waals surface area (Å²) in [4.78, 5) is 14.3. The Morgan fingerprint density at radius 3 is 2.30 bits per heavy atom. The Morgan fingerprint density at radius 1 is 1.04 bits per heavy atom. The fourth-order valence-corrected chi connectivity index (χ4v) is 2.28. The molecule has 2 rings (SSSR count). The highest BCUT2D eigenvalue weighted by Crippen LogP contribution is 2.08. The quantitative estimate of drug-likeness (QED) is 0.850. The van der Waals surface area contributed by atoms with Crippen molar-refractivity contribution in [2.24, 2.45) is 0 Å². The third-order valence-electron chi connectivity index (χ3n) is 3.71. The number of nitrogens with one attached hydrogen (secondary N) is 1. The molecule has 2 aromatic rings. The predicted molar refractivity (Wildman–Crippen MR) is 90.2 cm³/mol. The Kier molecular flexibility index (Phi) is 6.29. The van der Waals surface area contributed by atoms with Crippen LogP contribution in [-0.2, 0) is 17.9 Å². The van der Waals surface area contributed by atoms with Crippen molar-refractivity contribution in [1.29, 1.82) is 0 Å². The Bertz CT molecular complexity index is 611. The Hall–Kier alpha value is -2.20. The zero-order chi connectivity index (χ0) is 16.7. The lowest BCUT2D eigenvalue weighted by Gasteiger charge is -2.26. The number of nitrogens with zero attached hydrogens (tertiary/aromatic N) is 1. The van der Waals surface area contributed by atoms with Gasteiger partial charge in [0.1, 0.15) is 5.82 Å². The van der Waals surface area contributed by atoms with Crippen LogP contribution in [0.4, 0.5) is 4.39 Å². The highest BCUT2D eigenvalue weighted by Gasteiger charge is 2.14. The molecule has 0 aliphatic heterocycles. The molecule has 0 unspecified atom stereocenters. The first kappa shape index (κ1) is 17.2. The minimum Gasteiger partial charge on any atom is -0.351 e. The molecule has 0 spiro atoms. The molecule has 0 heterocycles. The summed E-state index contributed by atoms with van der Waals surface area (Å²) in [6, 6.07) is 16.5. The largest absolute Gasteiger partial charge is 0.351 e. The van der Waals surface area contributed by atoms with E-state index >= 15 is 0 Å².